The Morgan fingerprint density at radius 3 is 2.66 bits per heavy atom. The van der Waals surface area contributed by atoms with E-state index in [2.05, 4.69) is 41.3 Å². The number of anilines is 2. The highest BCUT2D eigenvalue weighted by atomic mass is 79.9. The summed E-state index contributed by atoms with van der Waals surface area (Å²) in [6, 6.07) is 13.5. The van der Waals surface area contributed by atoms with Gasteiger partial charge >= 0.3 is 6.18 Å². The number of methoxy groups -OCH3 is 1. The molecule has 2 aromatic carbocycles. The molecule has 1 N–H and O–H groups in total. The Labute approximate surface area is 203 Å². The zero-order valence-corrected chi connectivity index (χ0v) is 19.4. The zero-order chi connectivity index (χ0) is 24.7. The van der Waals surface area contributed by atoms with Gasteiger partial charge in [-0.05, 0) is 58.4 Å². The van der Waals surface area contributed by atoms with E-state index in [1.165, 1.54) is 36.0 Å². The Bertz CT molecular complexity index is 1660. The molecule has 8 nitrogen and oxygen atoms in total. The zero-order valence-electron chi connectivity index (χ0n) is 17.8. The minimum absolute atomic E-state index is 0.0515. The van der Waals surface area contributed by atoms with Crippen LogP contribution in [0, 0.1) is 0 Å². The molecule has 0 aliphatic rings. The molecule has 3 heterocycles. The van der Waals surface area contributed by atoms with Crippen molar-refractivity contribution in [3.05, 3.63) is 81.2 Å². The van der Waals surface area contributed by atoms with Crippen molar-refractivity contribution in [2.24, 2.45) is 0 Å². The molecule has 0 amide bonds. The molecule has 0 spiro atoms. The fraction of sp³-hybridized carbons (Fsp3) is 0.0870. The summed E-state index contributed by atoms with van der Waals surface area (Å²) in [6.07, 6.45) is -3.32. The molecule has 12 heteroatoms. The van der Waals surface area contributed by atoms with Crippen LogP contribution < -0.4 is 15.6 Å². The van der Waals surface area contributed by atoms with E-state index in [-0.39, 0.29) is 34.4 Å². The second kappa shape index (κ2) is 8.62. The predicted molar refractivity (Wildman–Crippen MR) is 127 cm³/mol. The summed E-state index contributed by atoms with van der Waals surface area (Å²) in [5.74, 6) is -0.0441. The van der Waals surface area contributed by atoms with Gasteiger partial charge in [0.1, 0.15) is 11.4 Å². The first-order chi connectivity index (χ1) is 16.8. The van der Waals surface area contributed by atoms with E-state index in [0.29, 0.717) is 15.4 Å². The number of rotatable bonds is 4. The molecule has 0 aliphatic heterocycles. The van der Waals surface area contributed by atoms with E-state index in [9.17, 15) is 18.0 Å². The summed E-state index contributed by atoms with van der Waals surface area (Å²) in [7, 11) is 1.29. The molecule has 0 bridgehead atoms. The smallest absolute Gasteiger partial charge is 0.417 e. The third-order valence-corrected chi connectivity index (χ3v) is 5.79. The number of hydrogen-bond donors (Lipinski definition) is 1. The Hall–Kier alpha value is -4.06. The highest BCUT2D eigenvalue weighted by molar-refractivity contribution is 9.10. The van der Waals surface area contributed by atoms with Crippen LogP contribution >= 0.6 is 15.9 Å². The average molecular weight is 543 g/mol. The topological polar surface area (TPSA) is 94.3 Å². The summed E-state index contributed by atoms with van der Waals surface area (Å²) < 4.78 is 48.5. The number of halogens is 4. The molecule has 0 saturated carbocycles. The Morgan fingerprint density at radius 2 is 1.89 bits per heavy atom. The number of alkyl halides is 3. The number of para-hydroxylation sites is 1. The van der Waals surface area contributed by atoms with Crippen LogP contribution in [0.5, 0.6) is 5.75 Å². The van der Waals surface area contributed by atoms with Gasteiger partial charge in [-0.1, -0.05) is 12.1 Å². The summed E-state index contributed by atoms with van der Waals surface area (Å²) in [5.41, 5.74) is -0.888. The summed E-state index contributed by atoms with van der Waals surface area (Å²) in [4.78, 5) is 25.1. The van der Waals surface area contributed by atoms with Crippen molar-refractivity contribution in [2.75, 3.05) is 12.4 Å². The highest BCUT2D eigenvalue weighted by Gasteiger charge is 2.35. The van der Waals surface area contributed by atoms with Gasteiger partial charge in [-0.2, -0.15) is 17.7 Å². The standard InChI is InChI=1S/C23H14BrF3N6O2/c1-35-12-8-9-13(15(11-12)23(25,26)27)19-31-20-14-5-4-6-16(24)18(14)30-22(33(20)32-19)29-17-7-2-3-10-28-21(17)34/h2-11H,1H3,(H,28,29,30,34). The Kier molecular flexibility index (Phi) is 5.59. The number of ether oxygens (including phenoxy) is 1. The molecular formula is C23H14BrF3N6O2. The number of aromatic nitrogens is 5. The molecule has 0 saturated heterocycles. The van der Waals surface area contributed by atoms with E-state index < -0.39 is 17.3 Å². The quantitative estimate of drug-likeness (QED) is 0.332. The molecule has 0 fully saturated rings. The molecule has 0 unspecified atom stereocenters. The fourth-order valence-corrected chi connectivity index (χ4v) is 4.00. The molecule has 0 aliphatic carbocycles. The van der Waals surface area contributed by atoms with Crippen molar-refractivity contribution >= 4 is 44.1 Å². The van der Waals surface area contributed by atoms with Gasteiger partial charge in [-0.25, -0.2) is 15.0 Å². The van der Waals surface area contributed by atoms with Gasteiger partial charge < -0.3 is 10.1 Å². The monoisotopic (exact) mass is 542 g/mol. The highest BCUT2D eigenvalue weighted by Crippen LogP contribution is 2.39. The minimum Gasteiger partial charge on any atom is -0.497 e. The molecule has 0 radical (unpaired) electrons. The Balaban J connectivity index is 1.79. The average Bonchev–Trinajstić information content (AvgIpc) is 3.18. The van der Waals surface area contributed by atoms with Crippen molar-refractivity contribution < 1.29 is 17.9 Å². The van der Waals surface area contributed by atoms with E-state index in [0.717, 1.165) is 6.07 Å². The van der Waals surface area contributed by atoms with Crippen molar-refractivity contribution in [3.63, 3.8) is 0 Å². The first kappa shape index (κ1) is 22.7. The summed E-state index contributed by atoms with van der Waals surface area (Å²) >= 11 is 3.45. The number of nitrogens with one attached hydrogen (secondary N) is 1. The van der Waals surface area contributed by atoms with Gasteiger partial charge in [0.25, 0.3) is 5.56 Å². The maximum atomic E-state index is 13.9. The third-order valence-electron chi connectivity index (χ3n) is 5.15. The summed E-state index contributed by atoms with van der Waals surface area (Å²) in [6.45, 7) is 0. The lowest BCUT2D eigenvalue weighted by atomic mass is 10.1. The van der Waals surface area contributed by atoms with Crippen LogP contribution in [0.15, 0.2) is 70.1 Å². The normalized spacial score (nSPS) is 11.7. The van der Waals surface area contributed by atoms with Crippen molar-refractivity contribution in [1.82, 2.24) is 24.6 Å². The molecule has 5 rings (SSSR count). The number of fused-ring (bicyclic) bond motifs is 3. The first-order valence-electron chi connectivity index (χ1n) is 10.1. The lowest BCUT2D eigenvalue weighted by molar-refractivity contribution is -0.137. The van der Waals surface area contributed by atoms with Crippen LogP contribution in [0.25, 0.3) is 27.9 Å². The maximum Gasteiger partial charge on any atom is 0.417 e. The Morgan fingerprint density at radius 1 is 1.06 bits per heavy atom. The van der Waals surface area contributed by atoms with Gasteiger partial charge in [0.05, 0.1) is 18.2 Å². The number of nitrogens with zero attached hydrogens (tertiary/aromatic N) is 5. The van der Waals surface area contributed by atoms with Crippen molar-refractivity contribution in [3.8, 4) is 17.1 Å². The van der Waals surface area contributed by atoms with Gasteiger partial charge in [0.2, 0.25) is 5.95 Å². The van der Waals surface area contributed by atoms with Crippen LogP contribution in [0.4, 0.5) is 24.8 Å². The lowest BCUT2D eigenvalue weighted by Gasteiger charge is -2.12. The van der Waals surface area contributed by atoms with Gasteiger partial charge in [-0.15, -0.1) is 5.10 Å². The van der Waals surface area contributed by atoms with E-state index in [1.807, 2.05) is 0 Å². The number of hydrogen-bond acceptors (Lipinski definition) is 7. The lowest BCUT2D eigenvalue weighted by Crippen LogP contribution is -2.12. The maximum absolute atomic E-state index is 13.9. The van der Waals surface area contributed by atoms with Crippen LogP contribution in [0.3, 0.4) is 0 Å². The van der Waals surface area contributed by atoms with Crippen molar-refractivity contribution in [2.45, 2.75) is 6.18 Å². The molecule has 35 heavy (non-hydrogen) atoms. The number of benzene rings is 2. The van der Waals surface area contributed by atoms with E-state index in [1.54, 1.807) is 30.3 Å². The summed E-state index contributed by atoms with van der Waals surface area (Å²) in [5, 5.41) is 7.78. The SMILES string of the molecule is COc1ccc(-c2nc3c4cccc(Br)c4nc(Nc4ccccnc4=O)n3n2)c(C(F)(F)F)c1. The molecule has 5 aromatic rings. The van der Waals surface area contributed by atoms with Gasteiger partial charge in [0, 0.05) is 21.6 Å². The van der Waals surface area contributed by atoms with E-state index in [4.69, 9.17) is 4.74 Å². The van der Waals surface area contributed by atoms with Gasteiger partial charge in [0.15, 0.2) is 11.5 Å². The molecule has 0 atom stereocenters. The largest absolute Gasteiger partial charge is 0.497 e. The van der Waals surface area contributed by atoms with Crippen LogP contribution in [0.2, 0.25) is 0 Å². The van der Waals surface area contributed by atoms with Crippen LogP contribution in [-0.4, -0.2) is 31.7 Å². The van der Waals surface area contributed by atoms with Crippen molar-refractivity contribution in [1.29, 1.82) is 0 Å². The molecule has 3 aromatic heterocycles. The fourth-order valence-electron chi connectivity index (χ4n) is 3.54. The second-order valence-electron chi connectivity index (χ2n) is 7.33. The molecule has 176 valence electrons. The second-order valence-corrected chi connectivity index (χ2v) is 8.18. The van der Waals surface area contributed by atoms with Crippen LogP contribution in [0.1, 0.15) is 5.56 Å². The van der Waals surface area contributed by atoms with Crippen LogP contribution in [-0.2, 0) is 6.18 Å². The minimum atomic E-state index is -4.67. The first-order valence-corrected chi connectivity index (χ1v) is 10.9. The third kappa shape index (κ3) is 4.16. The predicted octanol–water partition coefficient (Wildman–Crippen LogP) is 5.23. The molecular weight excluding hydrogens is 529 g/mol. The van der Waals surface area contributed by atoms with Gasteiger partial charge in [-0.3, -0.25) is 4.79 Å². The van der Waals surface area contributed by atoms with E-state index >= 15 is 0 Å².